The molecule has 0 radical (unpaired) electrons. The zero-order valence-corrected chi connectivity index (χ0v) is 22.4. The molecular weight excluding hydrogens is 487 g/mol. The minimum absolute atomic E-state index is 0.137. The minimum atomic E-state index is -0.628. The fourth-order valence-corrected chi connectivity index (χ4v) is 5.10. The van der Waals surface area contributed by atoms with Crippen LogP contribution in [-0.4, -0.2) is 79.0 Å². The van der Waals surface area contributed by atoms with Gasteiger partial charge in [-0.25, -0.2) is 14.0 Å². The highest BCUT2D eigenvalue weighted by Gasteiger charge is 2.38. The number of nitrogens with zero attached hydrogens (tertiary/aromatic N) is 3. The third-order valence-corrected chi connectivity index (χ3v) is 7.15. The van der Waals surface area contributed by atoms with E-state index in [0.717, 1.165) is 23.1 Å². The van der Waals surface area contributed by atoms with Crippen LogP contribution in [0.4, 0.5) is 9.18 Å². The van der Waals surface area contributed by atoms with Gasteiger partial charge in [0.2, 0.25) is 0 Å². The zero-order chi connectivity index (χ0) is 27.4. The van der Waals surface area contributed by atoms with Gasteiger partial charge in [-0.1, -0.05) is 23.8 Å². The van der Waals surface area contributed by atoms with Gasteiger partial charge in [0.15, 0.2) is 0 Å². The Kier molecular flexibility index (Phi) is 8.46. The highest BCUT2D eigenvalue weighted by molar-refractivity contribution is 5.95. The number of amides is 3. The van der Waals surface area contributed by atoms with Crippen LogP contribution in [0, 0.1) is 19.7 Å². The van der Waals surface area contributed by atoms with Crippen LogP contribution >= 0.6 is 0 Å². The summed E-state index contributed by atoms with van der Waals surface area (Å²) in [4.78, 5) is 44.7. The number of likely N-dealkylation sites (N-methyl/N-ethyl adjacent to an activating group) is 1. The van der Waals surface area contributed by atoms with E-state index in [9.17, 15) is 18.8 Å². The Morgan fingerprint density at radius 3 is 2.47 bits per heavy atom. The lowest BCUT2D eigenvalue weighted by atomic mass is 9.90. The number of rotatable bonds is 6. The number of aryl methyl sites for hydroxylation is 2. The highest BCUT2D eigenvalue weighted by Crippen LogP contribution is 2.33. The van der Waals surface area contributed by atoms with E-state index in [1.165, 1.54) is 29.2 Å². The van der Waals surface area contributed by atoms with Crippen LogP contribution in [0.15, 0.2) is 53.7 Å². The first kappa shape index (κ1) is 27.3. The maximum absolute atomic E-state index is 13.3. The van der Waals surface area contributed by atoms with Crippen LogP contribution in [0.5, 0.6) is 0 Å². The monoisotopic (exact) mass is 522 g/mol. The Morgan fingerprint density at radius 2 is 1.79 bits per heavy atom. The topological polar surface area (TPSA) is 82.2 Å². The Bertz CT molecular complexity index is 1240. The summed E-state index contributed by atoms with van der Waals surface area (Å²) in [5.41, 5.74) is 4.39. The fourth-order valence-electron chi connectivity index (χ4n) is 5.10. The molecule has 0 aliphatic carbocycles. The van der Waals surface area contributed by atoms with Crippen LogP contribution in [0.3, 0.4) is 0 Å². The first-order valence-corrected chi connectivity index (χ1v) is 13.0. The highest BCUT2D eigenvalue weighted by atomic mass is 19.1. The Morgan fingerprint density at radius 1 is 1.05 bits per heavy atom. The number of carbonyl (C=O) groups is 3. The quantitative estimate of drug-likeness (QED) is 0.584. The molecule has 4 rings (SSSR count). The van der Waals surface area contributed by atoms with Gasteiger partial charge in [-0.05, 0) is 62.6 Å². The van der Waals surface area contributed by atoms with Crippen molar-refractivity contribution in [3.63, 3.8) is 0 Å². The van der Waals surface area contributed by atoms with Gasteiger partial charge in [-0.15, -0.1) is 0 Å². The van der Waals surface area contributed by atoms with Gasteiger partial charge in [0, 0.05) is 51.0 Å². The van der Waals surface area contributed by atoms with E-state index in [2.05, 4.69) is 10.2 Å². The predicted molar refractivity (Wildman–Crippen MR) is 142 cm³/mol. The van der Waals surface area contributed by atoms with Gasteiger partial charge in [-0.3, -0.25) is 14.6 Å². The van der Waals surface area contributed by atoms with Gasteiger partial charge >= 0.3 is 12.0 Å². The van der Waals surface area contributed by atoms with E-state index in [4.69, 9.17) is 4.74 Å². The second kappa shape index (κ2) is 11.8. The number of halogens is 1. The Labute approximate surface area is 223 Å². The van der Waals surface area contributed by atoms with Crippen molar-refractivity contribution in [2.45, 2.75) is 33.2 Å². The number of nitrogens with one attached hydrogen (secondary N) is 1. The lowest BCUT2D eigenvalue weighted by Gasteiger charge is -2.37. The van der Waals surface area contributed by atoms with E-state index in [0.29, 0.717) is 49.6 Å². The zero-order valence-electron chi connectivity index (χ0n) is 22.4. The molecule has 1 fully saturated rings. The van der Waals surface area contributed by atoms with Crippen molar-refractivity contribution < 1.29 is 23.5 Å². The van der Waals surface area contributed by atoms with Crippen molar-refractivity contribution in [1.82, 2.24) is 20.0 Å². The molecule has 0 saturated carbocycles. The molecule has 2 aliphatic heterocycles. The van der Waals surface area contributed by atoms with Gasteiger partial charge < -0.3 is 15.0 Å². The minimum Gasteiger partial charge on any atom is -0.463 e. The number of ether oxygens (including phenoxy) is 1. The number of hydrogen-bond acceptors (Lipinski definition) is 5. The summed E-state index contributed by atoms with van der Waals surface area (Å²) in [6.45, 7) is 8.61. The number of urea groups is 1. The molecule has 3 amide bonds. The van der Waals surface area contributed by atoms with Crippen molar-refractivity contribution in [3.8, 4) is 0 Å². The van der Waals surface area contributed by atoms with E-state index in [1.54, 1.807) is 18.9 Å². The number of benzene rings is 2. The van der Waals surface area contributed by atoms with Crippen molar-refractivity contribution in [3.05, 3.63) is 81.8 Å². The van der Waals surface area contributed by atoms with E-state index < -0.39 is 12.0 Å². The van der Waals surface area contributed by atoms with Gasteiger partial charge in [0.05, 0.1) is 18.2 Å². The average Bonchev–Trinajstić information content (AvgIpc) is 3.12. The molecule has 2 heterocycles. The standard InChI is InChI=1S/C29H35FN4O4/c1-5-38-28(36)25-24(32(4)29(37)31-26(25)23-12-7-19(2)17-20(23)3)18-33-13-6-14-34(16-15-33)27(35)21-8-10-22(30)11-9-21/h7-12,17,26H,5-6,13-16,18H2,1-4H3,(H,31,37). The molecule has 202 valence electrons. The smallest absolute Gasteiger partial charge is 0.338 e. The van der Waals surface area contributed by atoms with Gasteiger partial charge in [0.25, 0.3) is 5.91 Å². The largest absolute Gasteiger partial charge is 0.463 e. The van der Waals surface area contributed by atoms with Crippen LogP contribution in [0.25, 0.3) is 0 Å². The van der Waals surface area contributed by atoms with E-state index in [-0.39, 0.29) is 24.4 Å². The van der Waals surface area contributed by atoms with E-state index >= 15 is 0 Å². The molecule has 2 aromatic carbocycles. The van der Waals surface area contributed by atoms with Crippen LogP contribution in [0.2, 0.25) is 0 Å². The van der Waals surface area contributed by atoms with Crippen molar-refractivity contribution in [2.75, 3.05) is 46.4 Å². The molecule has 1 unspecified atom stereocenters. The summed E-state index contributed by atoms with van der Waals surface area (Å²) in [5.74, 6) is -0.973. The first-order valence-electron chi connectivity index (χ1n) is 13.0. The average molecular weight is 523 g/mol. The van der Waals surface area contributed by atoms with Crippen molar-refractivity contribution in [1.29, 1.82) is 0 Å². The fraction of sp³-hybridized carbons (Fsp3) is 0.414. The molecular formula is C29H35FN4O4. The molecule has 2 aromatic rings. The van der Waals surface area contributed by atoms with Crippen molar-refractivity contribution in [2.24, 2.45) is 0 Å². The molecule has 1 N–H and O–H groups in total. The third kappa shape index (κ3) is 5.88. The lowest BCUT2D eigenvalue weighted by molar-refractivity contribution is -0.139. The molecule has 8 nitrogen and oxygen atoms in total. The molecule has 1 atom stereocenters. The second-order valence-corrected chi connectivity index (χ2v) is 9.81. The first-order chi connectivity index (χ1) is 18.2. The summed E-state index contributed by atoms with van der Waals surface area (Å²) in [5, 5.41) is 2.99. The maximum atomic E-state index is 13.3. The third-order valence-electron chi connectivity index (χ3n) is 7.15. The Hall–Kier alpha value is -3.72. The van der Waals surface area contributed by atoms with Crippen LogP contribution in [0.1, 0.15) is 46.4 Å². The number of carbonyl (C=O) groups excluding carboxylic acids is 3. The predicted octanol–water partition coefficient (Wildman–Crippen LogP) is 3.80. The number of hydrogen-bond donors (Lipinski definition) is 1. The van der Waals surface area contributed by atoms with Crippen molar-refractivity contribution >= 4 is 17.9 Å². The molecule has 38 heavy (non-hydrogen) atoms. The second-order valence-electron chi connectivity index (χ2n) is 9.81. The summed E-state index contributed by atoms with van der Waals surface area (Å²) in [7, 11) is 1.66. The molecule has 9 heteroatoms. The molecule has 0 aromatic heterocycles. The van der Waals surface area contributed by atoms with Crippen LogP contribution < -0.4 is 5.32 Å². The molecule has 2 aliphatic rings. The molecule has 0 spiro atoms. The summed E-state index contributed by atoms with van der Waals surface area (Å²) < 4.78 is 18.8. The maximum Gasteiger partial charge on any atom is 0.338 e. The molecule has 0 bridgehead atoms. The van der Waals surface area contributed by atoms with Crippen LogP contribution in [-0.2, 0) is 9.53 Å². The van der Waals surface area contributed by atoms with Gasteiger partial charge in [0.1, 0.15) is 5.82 Å². The van der Waals surface area contributed by atoms with E-state index in [1.807, 2.05) is 32.0 Å². The Balaban J connectivity index is 1.61. The summed E-state index contributed by atoms with van der Waals surface area (Å²) in [6.07, 6.45) is 0.728. The van der Waals surface area contributed by atoms with Gasteiger partial charge in [-0.2, -0.15) is 0 Å². The summed E-state index contributed by atoms with van der Waals surface area (Å²) >= 11 is 0. The number of esters is 1. The summed E-state index contributed by atoms with van der Waals surface area (Å²) in [6, 6.07) is 10.6. The normalized spacial score (nSPS) is 18.8. The molecule has 1 saturated heterocycles. The lowest BCUT2D eigenvalue weighted by Crippen LogP contribution is -2.49. The SMILES string of the molecule is CCOC(=O)C1=C(CN2CCCN(C(=O)c3ccc(F)cc3)CC2)N(C)C(=O)NC1c1ccc(C)cc1C.